The number of carbonyl (C=O) groups excluding carboxylic acids is 1. The van der Waals surface area contributed by atoms with E-state index < -0.39 is 21.7 Å². The van der Waals surface area contributed by atoms with E-state index in [0.29, 0.717) is 19.4 Å². The van der Waals surface area contributed by atoms with Gasteiger partial charge in [0, 0.05) is 44.9 Å². The number of carbonyl (C=O) groups is 1. The lowest BCUT2D eigenvalue weighted by Gasteiger charge is -2.45. The van der Waals surface area contributed by atoms with Crippen molar-refractivity contribution < 1.29 is 17.9 Å². The highest BCUT2D eigenvalue weighted by Gasteiger charge is 2.48. The van der Waals surface area contributed by atoms with Crippen molar-refractivity contribution in [1.29, 1.82) is 0 Å². The molecule has 0 aromatic carbocycles. The van der Waals surface area contributed by atoms with Crippen LogP contribution < -0.4 is 5.32 Å². The quantitative estimate of drug-likeness (QED) is 0.796. The Morgan fingerprint density at radius 3 is 2.78 bits per heavy atom. The number of likely N-dealkylation sites (N-methyl/N-ethyl adjacent to an activating group) is 1. The fourth-order valence-corrected chi connectivity index (χ4v) is 5.18. The number of fused-ring (bicyclic) bond motifs is 2. The van der Waals surface area contributed by atoms with Crippen molar-refractivity contribution in [1.82, 2.24) is 24.2 Å². The summed E-state index contributed by atoms with van der Waals surface area (Å²) in [7, 11) is -2.03. The summed E-state index contributed by atoms with van der Waals surface area (Å²) in [5.74, 6) is 0.556. The Labute approximate surface area is 157 Å². The van der Waals surface area contributed by atoms with Gasteiger partial charge in [0.25, 0.3) is 5.91 Å². The lowest BCUT2D eigenvalue weighted by atomic mass is 9.89. The maximum Gasteiger partial charge on any atom is 0.250 e. The molecule has 10 heteroatoms. The van der Waals surface area contributed by atoms with Gasteiger partial charge in [0.15, 0.2) is 6.10 Å². The zero-order valence-electron chi connectivity index (χ0n) is 14.9. The summed E-state index contributed by atoms with van der Waals surface area (Å²) in [6.45, 7) is 0.962. The van der Waals surface area contributed by atoms with Gasteiger partial charge in [-0.05, 0) is 25.0 Å². The Bertz CT molecular complexity index is 935. The van der Waals surface area contributed by atoms with Crippen LogP contribution in [0, 0.1) is 0 Å². The molecule has 2 aliphatic heterocycles. The van der Waals surface area contributed by atoms with Crippen molar-refractivity contribution in [3.05, 3.63) is 42.7 Å². The molecule has 27 heavy (non-hydrogen) atoms. The van der Waals surface area contributed by atoms with E-state index in [1.807, 2.05) is 10.8 Å². The third-order valence-corrected chi connectivity index (χ3v) is 7.08. The van der Waals surface area contributed by atoms with Crippen molar-refractivity contribution in [2.75, 3.05) is 20.1 Å². The molecule has 2 aromatic heterocycles. The molecule has 1 spiro atoms. The normalized spacial score (nSPS) is 22.3. The van der Waals surface area contributed by atoms with E-state index in [1.54, 1.807) is 25.5 Å². The first kappa shape index (κ1) is 18.1. The predicted octanol–water partition coefficient (Wildman–Crippen LogP) is 0.103. The number of pyridine rings is 1. The highest BCUT2D eigenvalue weighted by Crippen LogP contribution is 2.41. The molecule has 1 atom stereocenters. The number of nitrogens with zero attached hydrogens (tertiary/aromatic N) is 4. The molecule has 0 saturated carbocycles. The van der Waals surface area contributed by atoms with Gasteiger partial charge in [-0.1, -0.05) is 0 Å². The first-order valence-electron chi connectivity index (χ1n) is 8.77. The van der Waals surface area contributed by atoms with Crippen LogP contribution in [-0.4, -0.2) is 59.4 Å². The summed E-state index contributed by atoms with van der Waals surface area (Å²) in [6, 6.07) is 3.14. The van der Waals surface area contributed by atoms with Gasteiger partial charge in [0.05, 0.1) is 6.54 Å². The van der Waals surface area contributed by atoms with Gasteiger partial charge in [-0.2, -0.15) is 4.31 Å². The second-order valence-electron chi connectivity index (χ2n) is 6.71. The average molecular weight is 391 g/mol. The van der Waals surface area contributed by atoms with E-state index in [1.165, 1.54) is 16.6 Å². The van der Waals surface area contributed by atoms with Crippen molar-refractivity contribution in [3.63, 3.8) is 0 Å². The zero-order chi connectivity index (χ0) is 19.1. The van der Waals surface area contributed by atoms with Crippen LogP contribution in [0.3, 0.4) is 0 Å². The van der Waals surface area contributed by atoms with Crippen LogP contribution in [0.15, 0.2) is 41.8 Å². The smallest absolute Gasteiger partial charge is 0.250 e. The molecule has 1 unspecified atom stereocenters. The fourth-order valence-electron chi connectivity index (χ4n) is 3.77. The summed E-state index contributed by atoms with van der Waals surface area (Å²) in [5, 5.41) is 2.62. The van der Waals surface area contributed by atoms with Gasteiger partial charge in [0.1, 0.15) is 16.3 Å². The molecule has 1 saturated heterocycles. The van der Waals surface area contributed by atoms with E-state index in [9.17, 15) is 13.2 Å². The number of amides is 1. The van der Waals surface area contributed by atoms with Crippen molar-refractivity contribution in [2.45, 2.75) is 36.0 Å². The first-order valence-corrected chi connectivity index (χ1v) is 10.2. The maximum atomic E-state index is 12.8. The number of aromatic nitrogens is 3. The topological polar surface area (TPSA) is 106 Å². The largest absolute Gasteiger partial charge is 0.357 e. The Morgan fingerprint density at radius 2 is 2.11 bits per heavy atom. The van der Waals surface area contributed by atoms with Gasteiger partial charge in [-0.3, -0.25) is 9.78 Å². The molecule has 2 aliphatic rings. The molecule has 144 valence electrons. The Balaban J connectivity index is 1.58. The number of piperidine rings is 1. The summed E-state index contributed by atoms with van der Waals surface area (Å²) < 4.78 is 35.2. The number of rotatable bonds is 3. The van der Waals surface area contributed by atoms with Gasteiger partial charge >= 0.3 is 0 Å². The summed E-state index contributed by atoms with van der Waals surface area (Å²) in [5.41, 5.74) is -0.764. The average Bonchev–Trinajstić information content (AvgIpc) is 3.18. The zero-order valence-corrected chi connectivity index (χ0v) is 15.7. The van der Waals surface area contributed by atoms with Crippen LogP contribution in [-0.2, 0) is 31.7 Å². The number of hydrogen-bond donors (Lipinski definition) is 1. The minimum Gasteiger partial charge on any atom is -0.357 e. The minimum atomic E-state index is -3.61. The molecule has 2 aromatic rings. The second-order valence-corrected chi connectivity index (χ2v) is 8.65. The molecule has 1 N–H and O–H groups in total. The highest BCUT2D eigenvalue weighted by molar-refractivity contribution is 7.89. The van der Waals surface area contributed by atoms with Crippen molar-refractivity contribution in [2.24, 2.45) is 0 Å². The van der Waals surface area contributed by atoms with Crippen molar-refractivity contribution in [3.8, 4) is 0 Å². The van der Waals surface area contributed by atoms with Crippen LogP contribution in [0.2, 0.25) is 0 Å². The number of nitrogens with one attached hydrogen (secondary N) is 1. The van der Waals surface area contributed by atoms with E-state index in [-0.39, 0.29) is 23.9 Å². The first-order chi connectivity index (χ1) is 13.0. The highest BCUT2D eigenvalue weighted by atomic mass is 32.2. The molecule has 1 fully saturated rings. The summed E-state index contributed by atoms with van der Waals surface area (Å²) in [6.07, 6.45) is 6.63. The number of sulfonamides is 1. The Morgan fingerprint density at radius 1 is 1.33 bits per heavy atom. The van der Waals surface area contributed by atoms with E-state index >= 15 is 0 Å². The number of imidazole rings is 1. The third kappa shape index (κ3) is 3.03. The molecule has 0 radical (unpaired) electrons. The van der Waals surface area contributed by atoms with Crippen molar-refractivity contribution >= 4 is 15.9 Å². The molecule has 0 aliphatic carbocycles. The molecule has 9 nitrogen and oxygen atoms in total. The molecule has 1 amide bonds. The van der Waals surface area contributed by atoms with E-state index in [2.05, 4.69) is 15.3 Å². The minimum absolute atomic E-state index is 0.176. The predicted molar refractivity (Wildman–Crippen MR) is 95.1 cm³/mol. The SMILES string of the molecule is CNC(=O)C1Cn2ccnc2C2(CCN(S(=O)(=O)c3cccnc3)CC2)O1. The Kier molecular flexibility index (Phi) is 4.49. The molecule has 4 heterocycles. The second kappa shape index (κ2) is 6.70. The van der Waals surface area contributed by atoms with Crippen LogP contribution in [0.4, 0.5) is 0 Å². The van der Waals surface area contributed by atoms with E-state index in [0.717, 1.165) is 5.82 Å². The molecular weight excluding hydrogens is 370 g/mol. The van der Waals surface area contributed by atoms with Gasteiger partial charge < -0.3 is 14.6 Å². The van der Waals surface area contributed by atoms with Crippen LogP contribution in [0.1, 0.15) is 18.7 Å². The maximum absolute atomic E-state index is 12.8. The monoisotopic (exact) mass is 391 g/mol. The lowest BCUT2D eigenvalue weighted by Crippen LogP contribution is -2.54. The summed E-state index contributed by atoms with van der Waals surface area (Å²) >= 11 is 0. The molecular formula is C17H21N5O4S. The standard InChI is InChI=1S/C17H21N5O4S/c1-18-15(23)14-12-21-10-7-20-16(21)17(26-14)4-8-22(9-5-17)27(24,25)13-3-2-6-19-11-13/h2-3,6-7,10-11,14H,4-5,8-9,12H2,1H3,(H,18,23). The van der Waals surface area contributed by atoms with Crippen LogP contribution in [0.25, 0.3) is 0 Å². The van der Waals surface area contributed by atoms with Gasteiger partial charge in [-0.25, -0.2) is 13.4 Å². The van der Waals surface area contributed by atoms with Crippen LogP contribution >= 0.6 is 0 Å². The number of ether oxygens (including phenoxy) is 1. The van der Waals surface area contributed by atoms with E-state index in [4.69, 9.17) is 4.74 Å². The number of hydrogen-bond acceptors (Lipinski definition) is 6. The van der Waals surface area contributed by atoms with Crippen LogP contribution in [0.5, 0.6) is 0 Å². The molecule has 4 rings (SSSR count). The molecule has 0 bridgehead atoms. The summed E-state index contributed by atoms with van der Waals surface area (Å²) in [4.78, 5) is 20.7. The Hall–Kier alpha value is -2.30. The van der Waals surface area contributed by atoms with Gasteiger partial charge in [0.2, 0.25) is 10.0 Å². The fraction of sp³-hybridized carbons (Fsp3) is 0.471. The van der Waals surface area contributed by atoms with Gasteiger partial charge in [-0.15, -0.1) is 0 Å². The lowest BCUT2D eigenvalue weighted by molar-refractivity contribution is -0.170. The third-order valence-electron chi connectivity index (χ3n) is 5.19.